The lowest BCUT2D eigenvalue weighted by Crippen LogP contribution is -2.49. The van der Waals surface area contributed by atoms with Gasteiger partial charge in [0, 0.05) is 6.07 Å². The summed E-state index contributed by atoms with van der Waals surface area (Å²) < 4.78 is 25.8. The molecule has 2 heterocycles. The smallest absolute Gasteiger partial charge is 0.130 e. The summed E-state index contributed by atoms with van der Waals surface area (Å²) >= 11 is 0. The lowest BCUT2D eigenvalue weighted by molar-refractivity contribution is -0.192. The van der Waals surface area contributed by atoms with Crippen molar-refractivity contribution in [2.75, 3.05) is 6.61 Å². The zero-order valence-corrected chi connectivity index (χ0v) is 15.8. The Bertz CT molecular complexity index is 802. The van der Waals surface area contributed by atoms with E-state index in [1.807, 2.05) is 12.1 Å². The molecule has 3 heteroatoms. The number of hydrogen-bond acceptors (Lipinski definition) is 2. The standard InChI is InChI=1S/C24H27FO2/c25-20-4-2-6-22(16-20)27-21-5-1-3-19(15-21)24-13-11-23(12-14-24,17-26-24)10-9-18-7-8-18/h1-6,15-16,18H,7-14,17H2. The summed E-state index contributed by atoms with van der Waals surface area (Å²) in [6.45, 7) is 0.898. The van der Waals surface area contributed by atoms with Crippen molar-refractivity contribution in [1.82, 2.24) is 0 Å². The van der Waals surface area contributed by atoms with Crippen molar-refractivity contribution in [2.45, 2.75) is 57.0 Å². The van der Waals surface area contributed by atoms with E-state index in [2.05, 4.69) is 12.1 Å². The molecule has 2 aromatic rings. The van der Waals surface area contributed by atoms with Crippen molar-refractivity contribution in [3.8, 4) is 11.5 Å². The molecule has 0 aromatic heterocycles. The third-order valence-electron chi connectivity index (χ3n) is 6.94. The van der Waals surface area contributed by atoms with Gasteiger partial charge in [-0.3, -0.25) is 0 Å². The fraction of sp³-hybridized carbons (Fsp3) is 0.500. The SMILES string of the molecule is Fc1cccc(Oc2cccc(C34CCC(CCC5CC5)(CC3)CO4)c2)c1. The molecule has 27 heavy (non-hydrogen) atoms. The second kappa shape index (κ2) is 6.63. The summed E-state index contributed by atoms with van der Waals surface area (Å²) in [4.78, 5) is 0. The van der Waals surface area contributed by atoms with Crippen LogP contribution in [0.1, 0.15) is 56.9 Å². The Morgan fingerprint density at radius 2 is 1.70 bits per heavy atom. The molecule has 2 bridgehead atoms. The fourth-order valence-corrected chi connectivity index (χ4v) is 4.88. The number of hydrogen-bond donors (Lipinski definition) is 0. The van der Waals surface area contributed by atoms with Crippen LogP contribution in [0.2, 0.25) is 0 Å². The lowest BCUT2D eigenvalue weighted by atomic mass is 9.62. The van der Waals surface area contributed by atoms with E-state index in [9.17, 15) is 4.39 Å². The maximum atomic E-state index is 13.4. The monoisotopic (exact) mass is 366 g/mol. The van der Waals surface area contributed by atoms with E-state index >= 15 is 0 Å². The van der Waals surface area contributed by atoms with Crippen molar-refractivity contribution in [2.24, 2.45) is 11.3 Å². The number of fused-ring (bicyclic) bond motifs is 3. The maximum absolute atomic E-state index is 13.4. The normalized spacial score (nSPS) is 29.7. The van der Waals surface area contributed by atoms with E-state index in [0.717, 1.165) is 31.1 Å². The molecular formula is C24H27FO2. The summed E-state index contributed by atoms with van der Waals surface area (Å²) in [5.74, 6) is 1.99. The Kier molecular flexibility index (Phi) is 4.23. The van der Waals surface area contributed by atoms with E-state index in [-0.39, 0.29) is 11.4 Å². The molecule has 2 nitrogen and oxygen atoms in total. The van der Waals surface area contributed by atoms with Crippen molar-refractivity contribution in [1.29, 1.82) is 0 Å². The Labute approximate surface area is 160 Å². The highest BCUT2D eigenvalue weighted by Gasteiger charge is 2.50. The topological polar surface area (TPSA) is 18.5 Å². The van der Waals surface area contributed by atoms with Gasteiger partial charge in [-0.25, -0.2) is 4.39 Å². The number of benzene rings is 2. The summed E-state index contributed by atoms with van der Waals surface area (Å²) in [7, 11) is 0. The van der Waals surface area contributed by atoms with Gasteiger partial charge in [-0.05, 0) is 79.7 Å². The van der Waals surface area contributed by atoms with Crippen LogP contribution in [0.25, 0.3) is 0 Å². The van der Waals surface area contributed by atoms with Crippen LogP contribution in [0, 0.1) is 17.2 Å². The minimum absolute atomic E-state index is 0.164. The summed E-state index contributed by atoms with van der Waals surface area (Å²) in [5.41, 5.74) is 1.47. The lowest BCUT2D eigenvalue weighted by Gasteiger charge is -2.53. The van der Waals surface area contributed by atoms with Crippen LogP contribution >= 0.6 is 0 Å². The highest BCUT2D eigenvalue weighted by molar-refractivity contribution is 5.37. The third-order valence-corrected chi connectivity index (χ3v) is 6.94. The van der Waals surface area contributed by atoms with Crippen molar-refractivity contribution >= 4 is 0 Å². The highest BCUT2D eigenvalue weighted by atomic mass is 19.1. The minimum Gasteiger partial charge on any atom is -0.457 e. The molecule has 2 aliphatic carbocycles. The van der Waals surface area contributed by atoms with E-state index in [4.69, 9.17) is 9.47 Å². The first-order chi connectivity index (χ1) is 13.1. The van der Waals surface area contributed by atoms with E-state index in [1.165, 1.54) is 56.2 Å². The molecule has 2 saturated carbocycles. The molecule has 0 unspecified atom stereocenters. The molecule has 0 atom stereocenters. The quantitative estimate of drug-likeness (QED) is 0.574. The van der Waals surface area contributed by atoms with E-state index < -0.39 is 0 Å². The van der Waals surface area contributed by atoms with Gasteiger partial charge in [0.15, 0.2) is 0 Å². The van der Waals surface area contributed by atoms with Crippen LogP contribution in [0.5, 0.6) is 11.5 Å². The predicted octanol–water partition coefficient (Wildman–Crippen LogP) is 6.59. The predicted molar refractivity (Wildman–Crippen MR) is 103 cm³/mol. The first-order valence-corrected chi connectivity index (χ1v) is 10.3. The van der Waals surface area contributed by atoms with Gasteiger partial charge in [-0.15, -0.1) is 0 Å². The highest BCUT2D eigenvalue weighted by Crippen LogP contribution is 2.56. The molecule has 2 aliphatic heterocycles. The molecule has 4 aliphatic rings. The molecular weight excluding hydrogens is 339 g/mol. The molecule has 4 fully saturated rings. The summed E-state index contributed by atoms with van der Waals surface area (Å²) in [6.07, 6.45) is 10.4. The van der Waals surface area contributed by atoms with Gasteiger partial charge in [0.05, 0.1) is 12.2 Å². The summed E-state index contributed by atoms with van der Waals surface area (Å²) in [5, 5.41) is 0. The van der Waals surface area contributed by atoms with Gasteiger partial charge in [-0.1, -0.05) is 31.0 Å². The van der Waals surface area contributed by atoms with Crippen LogP contribution in [0.15, 0.2) is 48.5 Å². The average molecular weight is 366 g/mol. The van der Waals surface area contributed by atoms with Crippen molar-refractivity contribution in [3.63, 3.8) is 0 Å². The third kappa shape index (κ3) is 3.50. The van der Waals surface area contributed by atoms with Crippen LogP contribution in [0.4, 0.5) is 4.39 Å². The molecule has 0 amide bonds. The molecule has 0 spiro atoms. The molecule has 0 radical (unpaired) electrons. The molecule has 142 valence electrons. The number of rotatable bonds is 6. The Balaban J connectivity index is 1.30. The molecule has 6 rings (SSSR count). The van der Waals surface area contributed by atoms with E-state index in [0.29, 0.717) is 11.2 Å². The van der Waals surface area contributed by atoms with Gasteiger partial charge < -0.3 is 9.47 Å². The van der Waals surface area contributed by atoms with Gasteiger partial charge >= 0.3 is 0 Å². The molecule has 2 saturated heterocycles. The van der Waals surface area contributed by atoms with Crippen molar-refractivity contribution in [3.05, 3.63) is 59.9 Å². The minimum atomic E-state index is -0.285. The fourth-order valence-electron chi connectivity index (χ4n) is 4.88. The maximum Gasteiger partial charge on any atom is 0.130 e. The van der Waals surface area contributed by atoms with Gasteiger partial charge in [-0.2, -0.15) is 0 Å². The summed E-state index contributed by atoms with van der Waals surface area (Å²) in [6, 6.07) is 14.5. The Morgan fingerprint density at radius 1 is 0.963 bits per heavy atom. The second-order valence-corrected chi connectivity index (χ2v) is 8.85. The Morgan fingerprint density at radius 3 is 2.37 bits per heavy atom. The number of halogens is 1. The van der Waals surface area contributed by atoms with Crippen LogP contribution < -0.4 is 4.74 Å². The van der Waals surface area contributed by atoms with Crippen LogP contribution in [0.3, 0.4) is 0 Å². The molecule has 2 aromatic carbocycles. The van der Waals surface area contributed by atoms with Crippen molar-refractivity contribution < 1.29 is 13.9 Å². The first kappa shape index (κ1) is 17.2. The number of ether oxygens (including phenoxy) is 2. The first-order valence-electron chi connectivity index (χ1n) is 10.3. The zero-order valence-electron chi connectivity index (χ0n) is 15.8. The van der Waals surface area contributed by atoms with Crippen LogP contribution in [-0.2, 0) is 10.3 Å². The molecule has 0 N–H and O–H groups in total. The van der Waals surface area contributed by atoms with E-state index in [1.54, 1.807) is 12.1 Å². The van der Waals surface area contributed by atoms with Gasteiger partial charge in [0.2, 0.25) is 0 Å². The van der Waals surface area contributed by atoms with Crippen LogP contribution in [-0.4, -0.2) is 6.61 Å². The zero-order chi connectivity index (χ0) is 18.3. The van der Waals surface area contributed by atoms with Gasteiger partial charge in [0.25, 0.3) is 0 Å². The second-order valence-electron chi connectivity index (χ2n) is 8.85. The average Bonchev–Trinajstić information content (AvgIpc) is 3.53. The Hall–Kier alpha value is -1.87. The largest absolute Gasteiger partial charge is 0.457 e. The van der Waals surface area contributed by atoms with Gasteiger partial charge in [0.1, 0.15) is 17.3 Å².